The van der Waals surface area contributed by atoms with E-state index in [4.69, 9.17) is 4.74 Å². The number of hydrogen-bond acceptors (Lipinski definition) is 2. The van der Waals surface area contributed by atoms with Crippen LogP contribution >= 0.6 is 0 Å². The van der Waals surface area contributed by atoms with Crippen molar-refractivity contribution in [3.63, 3.8) is 0 Å². The highest BCUT2D eigenvalue weighted by molar-refractivity contribution is 5.76. The normalized spacial score (nSPS) is 12.6. The maximum absolute atomic E-state index is 10.2. The van der Waals surface area contributed by atoms with Crippen LogP contribution in [0.4, 0.5) is 0 Å². The second-order valence-electron chi connectivity index (χ2n) is 10.6. The average Bonchev–Trinajstić information content (AvgIpc) is 2.76. The first-order valence-corrected chi connectivity index (χ1v) is 11.5. The van der Waals surface area contributed by atoms with E-state index in [9.17, 15) is 5.11 Å². The summed E-state index contributed by atoms with van der Waals surface area (Å²) >= 11 is 0. The molecule has 3 aromatic rings. The quantitative estimate of drug-likeness (QED) is 0.404. The Labute approximate surface area is 199 Å². The first-order valence-electron chi connectivity index (χ1n) is 11.5. The Morgan fingerprint density at radius 1 is 0.606 bits per heavy atom. The summed E-state index contributed by atoms with van der Waals surface area (Å²) in [5, 5.41) is 10.2. The Morgan fingerprint density at radius 2 is 1.06 bits per heavy atom. The molecule has 3 aromatic carbocycles. The molecule has 33 heavy (non-hydrogen) atoms. The molecule has 0 unspecified atom stereocenters. The van der Waals surface area contributed by atoms with Gasteiger partial charge in [0, 0.05) is 11.1 Å². The van der Waals surface area contributed by atoms with Gasteiger partial charge in [-0.3, -0.25) is 0 Å². The van der Waals surface area contributed by atoms with Gasteiger partial charge in [-0.25, -0.2) is 0 Å². The van der Waals surface area contributed by atoms with Gasteiger partial charge < -0.3 is 9.84 Å². The van der Waals surface area contributed by atoms with Crippen LogP contribution < -0.4 is 4.74 Å². The van der Waals surface area contributed by atoms with E-state index < -0.39 is 0 Å². The fourth-order valence-electron chi connectivity index (χ4n) is 3.58. The van der Waals surface area contributed by atoms with Crippen molar-refractivity contribution in [3.8, 4) is 11.5 Å². The molecule has 0 fully saturated rings. The summed E-state index contributed by atoms with van der Waals surface area (Å²) in [6.07, 6.45) is 8.22. The van der Waals surface area contributed by atoms with E-state index in [-0.39, 0.29) is 10.8 Å². The number of aromatic hydroxyl groups is 1. The summed E-state index contributed by atoms with van der Waals surface area (Å²) in [7, 11) is 1.71. The molecular formula is C31H36O2. The van der Waals surface area contributed by atoms with E-state index in [0.717, 1.165) is 28.0 Å². The Balaban J connectivity index is 1.79. The minimum atomic E-state index is 0.0410. The lowest BCUT2D eigenvalue weighted by molar-refractivity contribution is 0.413. The van der Waals surface area contributed by atoms with Gasteiger partial charge in [-0.2, -0.15) is 0 Å². The van der Waals surface area contributed by atoms with Crippen LogP contribution in [0.15, 0.2) is 60.7 Å². The lowest BCUT2D eigenvalue weighted by Gasteiger charge is -2.20. The van der Waals surface area contributed by atoms with Crippen molar-refractivity contribution in [1.82, 2.24) is 0 Å². The molecule has 1 N–H and O–H groups in total. The van der Waals surface area contributed by atoms with Crippen LogP contribution in [0.25, 0.3) is 24.3 Å². The lowest BCUT2D eigenvalue weighted by atomic mass is 9.86. The summed E-state index contributed by atoms with van der Waals surface area (Å²) in [6.45, 7) is 13.2. The average molecular weight is 441 g/mol. The molecule has 0 heterocycles. The summed E-state index contributed by atoms with van der Waals surface area (Å²) in [4.78, 5) is 0. The molecule has 0 spiro atoms. The van der Waals surface area contributed by atoms with Crippen molar-refractivity contribution < 1.29 is 9.84 Å². The highest BCUT2D eigenvalue weighted by Gasteiger charge is 2.15. The van der Waals surface area contributed by atoms with Gasteiger partial charge in [0.1, 0.15) is 11.5 Å². The zero-order valence-corrected chi connectivity index (χ0v) is 20.9. The first kappa shape index (κ1) is 24.4. The van der Waals surface area contributed by atoms with E-state index in [1.54, 1.807) is 13.2 Å². The number of methoxy groups -OCH3 is 1. The number of phenolic OH excluding ortho intramolecular Hbond substituents is 1. The van der Waals surface area contributed by atoms with Crippen molar-refractivity contribution in [3.05, 3.63) is 94.0 Å². The van der Waals surface area contributed by atoms with Gasteiger partial charge in [-0.05, 0) is 57.3 Å². The molecule has 0 aliphatic rings. The van der Waals surface area contributed by atoms with Crippen molar-refractivity contribution in [2.75, 3.05) is 7.11 Å². The van der Waals surface area contributed by atoms with Gasteiger partial charge >= 0.3 is 0 Å². The maximum atomic E-state index is 10.2. The van der Waals surface area contributed by atoms with E-state index in [1.165, 1.54) is 11.1 Å². The second kappa shape index (κ2) is 9.70. The third-order valence-electron chi connectivity index (χ3n) is 5.84. The molecule has 172 valence electrons. The smallest absolute Gasteiger partial charge is 0.126 e. The van der Waals surface area contributed by atoms with Gasteiger partial charge in [0.2, 0.25) is 0 Å². The molecule has 0 amide bonds. The summed E-state index contributed by atoms with van der Waals surface area (Å²) < 4.78 is 5.55. The van der Waals surface area contributed by atoms with Crippen LogP contribution in [0, 0.1) is 0 Å². The maximum Gasteiger partial charge on any atom is 0.126 e. The largest absolute Gasteiger partial charge is 0.507 e. The monoisotopic (exact) mass is 440 g/mol. The fourth-order valence-corrected chi connectivity index (χ4v) is 3.58. The zero-order valence-electron chi connectivity index (χ0n) is 20.9. The molecule has 0 aliphatic carbocycles. The second-order valence-corrected chi connectivity index (χ2v) is 10.6. The predicted molar refractivity (Wildman–Crippen MR) is 143 cm³/mol. The SMILES string of the molecule is COc1ccc(C(C)(C)C)cc1C=Cc1ccc(C=Cc2cc(C(C)(C)C)ccc2O)cc1. The van der Waals surface area contributed by atoms with E-state index >= 15 is 0 Å². The highest BCUT2D eigenvalue weighted by Crippen LogP contribution is 2.30. The van der Waals surface area contributed by atoms with Crippen LogP contribution in [-0.4, -0.2) is 12.2 Å². The molecule has 0 saturated heterocycles. The molecular weight excluding hydrogens is 404 g/mol. The summed E-state index contributed by atoms with van der Waals surface area (Å²) in [5.41, 5.74) is 6.71. The molecule has 0 aromatic heterocycles. The van der Waals surface area contributed by atoms with Crippen LogP contribution in [0.2, 0.25) is 0 Å². The third kappa shape index (κ3) is 6.38. The number of benzene rings is 3. The van der Waals surface area contributed by atoms with Crippen molar-refractivity contribution in [2.24, 2.45) is 0 Å². The van der Waals surface area contributed by atoms with Gasteiger partial charge in [0.15, 0.2) is 0 Å². The molecule has 0 bridgehead atoms. The minimum absolute atomic E-state index is 0.0410. The van der Waals surface area contributed by atoms with Gasteiger partial charge in [0.05, 0.1) is 7.11 Å². The van der Waals surface area contributed by atoms with Gasteiger partial charge in [-0.1, -0.05) is 102 Å². The lowest BCUT2D eigenvalue weighted by Crippen LogP contribution is -2.11. The standard InChI is InChI=1S/C31H36O2/c1-30(2,3)26-16-18-28(32)24(20-26)14-12-22-8-10-23(11-9-22)13-15-25-21-27(31(4,5)6)17-19-29(25)33-7/h8-21,32H,1-7H3. The Hall–Kier alpha value is -3.26. The first-order chi connectivity index (χ1) is 15.5. The number of rotatable bonds is 5. The highest BCUT2D eigenvalue weighted by atomic mass is 16.5. The van der Waals surface area contributed by atoms with Crippen molar-refractivity contribution in [1.29, 1.82) is 0 Å². The summed E-state index contributed by atoms with van der Waals surface area (Å²) in [5.74, 6) is 1.17. The third-order valence-corrected chi connectivity index (χ3v) is 5.84. The fraction of sp³-hybridized carbons (Fsp3) is 0.290. The van der Waals surface area contributed by atoms with Gasteiger partial charge in [-0.15, -0.1) is 0 Å². The molecule has 0 saturated carbocycles. The molecule has 0 atom stereocenters. The van der Waals surface area contributed by atoms with Crippen LogP contribution in [-0.2, 0) is 10.8 Å². The van der Waals surface area contributed by atoms with Crippen LogP contribution in [0.3, 0.4) is 0 Å². The Bertz CT molecular complexity index is 1150. The number of phenols is 1. The van der Waals surface area contributed by atoms with Crippen LogP contribution in [0.5, 0.6) is 11.5 Å². The zero-order chi connectivity index (χ0) is 24.2. The molecule has 2 heteroatoms. The molecule has 0 radical (unpaired) electrons. The number of ether oxygens (including phenoxy) is 1. The van der Waals surface area contributed by atoms with E-state index in [0.29, 0.717) is 5.75 Å². The Morgan fingerprint density at radius 3 is 1.55 bits per heavy atom. The predicted octanol–water partition coefficient (Wildman–Crippen LogP) is 8.34. The van der Waals surface area contributed by atoms with Crippen molar-refractivity contribution in [2.45, 2.75) is 52.4 Å². The topological polar surface area (TPSA) is 29.5 Å². The van der Waals surface area contributed by atoms with Crippen molar-refractivity contribution >= 4 is 24.3 Å². The number of hydrogen-bond donors (Lipinski definition) is 1. The molecule has 0 aliphatic heterocycles. The summed E-state index contributed by atoms with van der Waals surface area (Å²) in [6, 6.07) is 20.6. The van der Waals surface area contributed by atoms with E-state index in [2.05, 4.69) is 96.2 Å². The molecule has 2 nitrogen and oxygen atoms in total. The van der Waals surface area contributed by atoms with Gasteiger partial charge in [0.25, 0.3) is 0 Å². The van der Waals surface area contributed by atoms with Crippen LogP contribution in [0.1, 0.15) is 74.9 Å². The minimum Gasteiger partial charge on any atom is -0.507 e. The Kier molecular flexibility index (Phi) is 7.17. The van der Waals surface area contributed by atoms with E-state index in [1.807, 2.05) is 24.3 Å². The molecule has 3 rings (SSSR count).